The van der Waals surface area contributed by atoms with Gasteiger partial charge in [0.15, 0.2) is 0 Å². The van der Waals surface area contributed by atoms with Crippen LogP contribution in [-0.2, 0) is 0 Å². The molecule has 0 amide bonds. The topological polar surface area (TPSA) is 28.5 Å². The van der Waals surface area contributed by atoms with Gasteiger partial charge in [-0.1, -0.05) is 18.2 Å². The van der Waals surface area contributed by atoms with Crippen LogP contribution >= 0.6 is 11.3 Å². The summed E-state index contributed by atoms with van der Waals surface area (Å²) in [5.74, 6) is 0. The lowest BCUT2D eigenvalue weighted by Gasteiger charge is -2.16. The SMILES string of the molecule is CCN(C=Nc1nccs1)c1ccccc1. The van der Waals surface area contributed by atoms with E-state index in [1.807, 2.05) is 29.9 Å². The van der Waals surface area contributed by atoms with Crippen LogP contribution in [0.25, 0.3) is 0 Å². The van der Waals surface area contributed by atoms with Gasteiger partial charge in [0.2, 0.25) is 5.13 Å². The van der Waals surface area contributed by atoms with Crippen LogP contribution in [0.1, 0.15) is 6.92 Å². The first kappa shape index (κ1) is 10.8. The van der Waals surface area contributed by atoms with Gasteiger partial charge in [0.25, 0.3) is 0 Å². The standard InChI is InChI=1S/C12H13N3S/c1-2-15(11-6-4-3-5-7-11)10-14-12-13-8-9-16-12/h3-10H,2H2,1H3. The molecular weight excluding hydrogens is 218 g/mol. The van der Waals surface area contributed by atoms with Gasteiger partial charge in [0, 0.05) is 23.8 Å². The Balaban J connectivity index is 2.12. The number of aliphatic imine (C=N–C) groups is 1. The smallest absolute Gasteiger partial charge is 0.210 e. The molecule has 0 radical (unpaired) electrons. The average Bonchev–Trinajstić information content (AvgIpc) is 2.84. The molecule has 1 heterocycles. The van der Waals surface area contributed by atoms with Gasteiger partial charge >= 0.3 is 0 Å². The van der Waals surface area contributed by atoms with Gasteiger partial charge in [-0.3, -0.25) is 0 Å². The Kier molecular flexibility index (Phi) is 3.66. The van der Waals surface area contributed by atoms with Crippen LogP contribution in [0.3, 0.4) is 0 Å². The minimum Gasteiger partial charge on any atom is -0.333 e. The zero-order chi connectivity index (χ0) is 11.2. The molecule has 0 aliphatic rings. The molecule has 2 aromatic rings. The van der Waals surface area contributed by atoms with Crippen molar-refractivity contribution in [3.8, 4) is 0 Å². The Hall–Kier alpha value is -1.68. The van der Waals surface area contributed by atoms with E-state index in [-0.39, 0.29) is 0 Å². The predicted octanol–water partition coefficient (Wildman–Crippen LogP) is 3.33. The minimum absolute atomic E-state index is 0.786. The molecule has 2 rings (SSSR count). The van der Waals surface area contributed by atoms with Crippen molar-refractivity contribution < 1.29 is 0 Å². The Morgan fingerprint density at radius 2 is 2.19 bits per heavy atom. The summed E-state index contributed by atoms with van der Waals surface area (Å²) in [6.07, 6.45) is 3.59. The highest BCUT2D eigenvalue weighted by Crippen LogP contribution is 2.16. The number of rotatable bonds is 4. The Morgan fingerprint density at radius 1 is 1.38 bits per heavy atom. The van der Waals surface area contributed by atoms with Gasteiger partial charge in [-0.2, -0.15) is 0 Å². The van der Waals surface area contributed by atoms with Crippen molar-refractivity contribution in [2.45, 2.75) is 6.92 Å². The Morgan fingerprint density at radius 3 is 2.81 bits per heavy atom. The second-order valence-electron chi connectivity index (χ2n) is 3.18. The van der Waals surface area contributed by atoms with Crippen LogP contribution in [-0.4, -0.2) is 17.9 Å². The quantitative estimate of drug-likeness (QED) is 0.596. The first-order chi connectivity index (χ1) is 7.90. The van der Waals surface area contributed by atoms with Gasteiger partial charge in [-0.15, -0.1) is 11.3 Å². The van der Waals surface area contributed by atoms with Crippen molar-refractivity contribution in [3.05, 3.63) is 41.9 Å². The third kappa shape index (κ3) is 2.67. The van der Waals surface area contributed by atoms with E-state index >= 15 is 0 Å². The molecule has 0 atom stereocenters. The number of hydrogen-bond donors (Lipinski definition) is 0. The predicted molar refractivity (Wildman–Crippen MR) is 69.7 cm³/mol. The van der Waals surface area contributed by atoms with Gasteiger partial charge in [0.1, 0.15) is 0 Å². The maximum atomic E-state index is 4.32. The van der Waals surface area contributed by atoms with E-state index in [0.29, 0.717) is 0 Å². The van der Waals surface area contributed by atoms with Crippen molar-refractivity contribution in [2.24, 2.45) is 4.99 Å². The Labute approximate surface area is 99.1 Å². The van der Waals surface area contributed by atoms with Crippen LogP contribution in [0.5, 0.6) is 0 Å². The maximum Gasteiger partial charge on any atom is 0.210 e. The van der Waals surface area contributed by atoms with Gasteiger partial charge in [0.05, 0.1) is 6.34 Å². The number of hydrogen-bond acceptors (Lipinski definition) is 3. The summed E-state index contributed by atoms with van der Waals surface area (Å²) in [5, 5.41) is 2.71. The molecular formula is C12H13N3S. The fraction of sp³-hybridized carbons (Fsp3) is 0.167. The van der Waals surface area contributed by atoms with Gasteiger partial charge in [-0.05, 0) is 19.1 Å². The van der Waals surface area contributed by atoms with E-state index in [9.17, 15) is 0 Å². The van der Waals surface area contributed by atoms with E-state index in [1.54, 1.807) is 6.20 Å². The molecule has 0 saturated heterocycles. The lowest BCUT2D eigenvalue weighted by Crippen LogP contribution is -2.19. The summed E-state index contributed by atoms with van der Waals surface area (Å²) in [4.78, 5) is 10.5. The zero-order valence-electron chi connectivity index (χ0n) is 9.08. The normalized spacial score (nSPS) is 10.8. The average molecular weight is 231 g/mol. The molecule has 82 valence electrons. The van der Waals surface area contributed by atoms with Crippen molar-refractivity contribution in [2.75, 3.05) is 11.4 Å². The maximum absolute atomic E-state index is 4.32. The van der Waals surface area contributed by atoms with Crippen LogP contribution in [0, 0.1) is 0 Å². The number of anilines is 1. The molecule has 4 heteroatoms. The molecule has 0 bridgehead atoms. The molecule has 0 fully saturated rings. The lowest BCUT2D eigenvalue weighted by atomic mass is 10.3. The first-order valence-electron chi connectivity index (χ1n) is 5.15. The van der Waals surface area contributed by atoms with E-state index < -0.39 is 0 Å². The second-order valence-corrected chi connectivity index (χ2v) is 4.05. The molecule has 0 saturated carbocycles. The summed E-state index contributed by atoms with van der Waals surface area (Å²) >= 11 is 1.53. The number of benzene rings is 1. The van der Waals surface area contributed by atoms with Crippen LogP contribution < -0.4 is 4.90 Å². The van der Waals surface area contributed by atoms with Crippen LogP contribution in [0.2, 0.25) is 0 Å². The summed E-state index contributed by atoms with van der Waals surface area (Å²) in [7, 11) is 0. The number of aromatic nitrogens is 1. The van der Waals surface area contributed by atoms with Gasteiger partial charge in [-0.25, -0.2) is 9.98 Å². The molecule has 0 aliphatic heterocycles. The number of para-hydroxylation sites is 1. The highest BCUT2D eigenvalue weighted by atomic mass is 32.1. The molecule has 0 unspecified atom stereocenters. The van der Waals surface area contributed by atoms with Crippen molar-refractivity contribution in [1.29, 1.82) is 0 Å². The summed E-state index contributed by atoms with van der Waals surface area (Å²) in [6.45, 7) is 2.99. The monoisotopic (exact) mass is 231 g/mol. The number of thiazole rings is 1. The molecule has 0 N–H and O–H groups in total. The van der Waals surface area contributed by atoms with Gasteiger partial charge < -0.3 is 4.90 Å². The Bertz CT molecular complexity index is 437. The molecule has 1 aromatic carbocycles. The third-order valence-corrected chi connectivity index (χ3v) is 2.83. The van der Waals surface area contributed by atoms with E-state index in [4.69, 9.17) is 0 Å². The molecule has 0 spiro atoms. The summed E-state index contributed by atoms with van der Waals surface area (Å²) < 4.78 is 0. The summed E-state index contributed by atoms with van der Waals surface area (Å²) in [6, 6.07) is 10.2. The minimum atomic E-state index is 0.786. The van der Waals surface area contributed by atoms with E-state index in [1.165, 1.54) is 11.3 Å². The fourth-order valence-electron chi connectivity index (χ4n) is 1.35. The van der Waals surface area contributed by atoms with Crippen LogP contribution in [0.4, 0.5) is 10.8 Å². The molecule has 3 nitrogen and oxygen atoms in total. The largest absolute Gasteiger partial charge is 0.333 e. The highest BCUT2D eigenvalue weighted by molar-refractivity contribution is 7.13. The summed E-state index contributed by atoms with van der Waals surface area (Å²) in [5.41, 5.74) is 1.14. The van der Waals surface area contributed by atoms with Crippen molar-refractivity contribution >= 4 is 28.5 Å². The first-order valence-corrected chi connectivity index (χ1v) is 6.03. The fourth-order valence-corrected chi connectivity index (χ4v) is 1.82. The molecule has 16 heavy (non-hydrogen) atoms. The third-order valence-electron chi connectivity index (χ3n) is 2.16. The van der Waals surface area contributed by atoms with E-state index in [0.717, 1.165) is 17.4 Å². The lowest BCUT2D eigenvalue weighted by molar-refractivity contribution is 1.07. The zero-order valence-corrected chi connectivity index (χ0v) is 9.89. The van der Waals surface area contributed by atoms with E-state index in [2.05, 4.69) is 33.9 Å². The van der Waals surface area contributed by atoms with Crippen LogP contribution in [0.15, 0.2) is 46.9 Å². The highest BCUT2D eigenvalue weighted by Gasteiger charge is 1.99. The molecule has 0 aliphatic carbocycles. The van der Waals surface area contributed by atoms with Crippen molar-refractivity contribution in [1.82, 2.24) is 4.98 Å². The molecule has 1 aromatic heterocycles. The van der Waals surface area contributed by atoms with Crippen molar-refractivity contribution in [3.63, 3.8) is 0 Å². The second kappa shape index (κ2) is 5.42. The number of nitrogens with zero attached hydrogens (tertiary/aromatic N) is 3.